The van der Waals surface area contributed by atoms with Gasteiger partial charge in [-0.1, -0.05) is 30.3 Å². The molecule has 2 aliphatic rings. The summed E-state index contributed by atoms with van der Waals surface area (Å²) in [6.07, 6.45) is 4.93. The van der Waals surface area contributed by atoms with Crippen molar-refractivity contribution in [3.63, 3.8) is 0 Å². The molecule has 1 aromatic carbocycles. The Balaban J connectivity index is 1.50. The summed E-state index contributed by atoms with van der Waals surface area (Å²) in [5, 5.41) is 0.807. The Morgan fingerprint density at radius 2 is 1.82 bits per heavy atom. The van der Waals surface area contributed by atoms with Gasteiger partial charge in [0, 0.05) is 32.4 Å². The molecule has 0 radical (unpaired) electrons. The monoisotopic (exact) mass is 469 g/mol. The van der Waals surface area contributed by atoms with Crippen LogP contribution in [-0.2, 0) is 20.5 Å². The molecule has 33 heavy (non-hydrogen) atoms. The van der Waals surface area contributed by atoms with E-state index in [2.05, 4.69) is 14.9 Å². The van der Waals surface area contributed by atoms with Crippen molar-refractivity contribution in [2.24, 2.45) is 0 Å². The molecule has 174 valence electrons. The van der Waals surface area contributed by atoms with Gasteiger partial charge >= 0.3 is 6.09 Å². The highest BCUT2D eigenvalue weighted by Gasteiger charge is 2.33. The third-order valence-corrected chi connectivity index (χ3v) is 7.75. The second-order valence-electron chi connectivity index (χ2n) is 8.47. The van der Waals surface area contributed by atoms with Gasteiger partial charge < -0.3 is 14.5 Å². The van der Waals surface area contributed by atoms with Crippen molar-refractivity contribution in [3.05, 3.63) is 54.0 Å². The van der Waals surface area contributed by atoms with Gasteiger partial charge in [-0.3, -0.25) is 0 Å². The molecule has 10 heteroatoms. The summed E-state index contributed by atoms with van der Waals surface area (Å²) >= 11 is 0. The molecular weight excluding hydrogens is 442 g/mol. The standard InChI is InChI=1S/C23H27N5O4S/c1-2-32-23(29)27-12-10-26(11-13-27)21-20-19(18-8-9-18)14-28(22(20)25-16-24-21)33(30,31)15-17-6-4-3-5-7-17/h3-7,14,16,18H,2,8-13,15H2,1H3. The molecule has 2 aromatic heterocycles. The molecule has 0 spiro atoms. The van der Waals surface area contributed by atoms with Gasteiger partial charge in [-0.2, -0.15) is 0 Å². The quantitative estimate of drug-likeness (QED) is 0.547. The molecule has 3 aromatic rings. The number of rotatable bonds is 6. The van der Waals surface area contributed by atoms with E-state index in [1.807, 2.05) is 30.3 Å². The highest BCUT2D eigenvalue weighted by atomic mass is 32.2. The van der Waals surface area contributed by atoms with Crippen LogP contribution in [-0.4, -0.2) is 66.1 Å². The number of aromatic nitrogens is 3. The number of hydrogen-bond acceptors (Lipinski definition) is 7. The molecule has 3 heterocycles. The highest BCUT2D eigenvalue weighted by molar-refractivity contribution is 7.89. The first-order valence-corrected chi connectivity index (χ1v) is 12.9. The van der Waals surface area contributed by atoms with Crippen LogP contribution in [0.1, 0.15) is 36.8 Å². The molecule has 1 aliphatic carbocycles. The van der Waals surface area contributed by atoms with Gasteiger partial charge in [0.05, 0.1) is 17.7 Å². The van der Waals surface area contributed by atoms with Crippen LogP contribution in [0, 0.1) is 0 Å². The number of fused-ring (bicyclic) bond motifs is 1. The van der Waals surface area contributed by atoms with E-state index in [0.29, 0.717) is 44.4 Å². The molecule has 0 atom stereocenters. The van der Waals surface area contributed by atoms with E-state index in [4.69, 9.17) is 4.74 Å². The molecule has 0 bridgehead atoms. The lowest BCUT2D eigenvalue weighted by atomic mass is 10.1. The molecule has 1 aliphatic heterocycles. The second-order valence-corrected chi connectivity index (χ2v) is 10.3. The van der Waals surface area contributed by atoms with E-state index < -0.39 is 10.0 Å². The second kappa shape index (κ2) is 8.66. The van der Waals surface area contributed by atoms with Crippen molar-refractivity contribution in [2.75, 3.05) is 37.7 Å². The topological polar surface area (TPSA) is 97.6 Å². The van der Waals surface area contributed by atoms with Gasteiger partial charge in [-0.05, 0) is 36.8 Å². The van der Waals surface area contributed by atoms with Crippen LogP contribution in [0.3, 0.4) is 0 Å². The average Bonchev–Trinajstić information content (AvgIpc) is 3.58. The van der Waals surface area contributed by atoms with E-state index in [-0.39, 0.29) is 11.8 Å². The summed E-state index contributed by atoms with van der Waals surface area (Å²) < 4.78 is 33.2. The van der Waals surface area contributed by atoms with Crippen LogP contribution in [0.15, 0.2) is 42.9 Å². The third kappa shape index (κ3) is 4.27. The Morgan fingerprint density at radius 1 is 1.09 bits per heavy atom. The predicted molar refractivity (Wildman–Crippen MR) is 125 cm³/mol. The zero-order chi connectivity index (χ0) is 23.0. The summed E-state index contributed by atoms with van der Waals surface area (Å²) in [5.41, 5.74) is 2.15. The maximum atomic E-state index is 13.4. The van der Waals surface area contributed by atoms with Crippen molar-refractivity contribution in [1.29, 1.82) is 0 Å². The summed E-state index contributed by atoms with van der Waals surface area (Å²) in [6.45, 7) is 4.38. The lowest BCUT2D eigenvalue weighted by molar-refractivity contribution is 0.105. The molecule has 1 saturated carbocycles. The molecule has 1 amide bonds. The fourth-order valence-electron chi connectivity index (χ4n) is 4.37. The summed E-state index contributed by atoms with van der Waals surface area (Å²) in [4.78, 5) is 24.8. The number of benzene rings is 1. The maximum absolute atomic E-state index is 13.4. The highest BCUT2D eigenvalue weighted by Crippen LogP contribution is 2.46. The van der Waals surface area contributed by atoms with Gasteiger partial charge in [-0.15, -0.1) is 0 Å². The van der Waals surface area contributed by atoms with Crippen molar-refractivity contribution < 1.29 is 17.9 Å². The van der Waals surface area contributed by atoms with Gasteiger partial charge in [0.2, 0.25) is 10.0 Å². The lowest BCUT2D eigenvalue weighted by Gasteiger charge is -2.35. The average molecular weight is 470 g/mol. The summed E-state index contributed by atoms with van der Waals surface area (Å²) in [7, 11) is -3.66. The SMILES string of the molecule is CCOC(=O)N1CCN(c2ncnc3c2c(C2CC2)cn3S(=O)(=O)Cc2ccccc2)CC1. The fraction of sp³-hybridized carbons (Fsp3) is 0.435. The van der Waals surface area contributed by atoms with E-state index in [1.165, 1.54) is 10.3 Å². The van der Waals surface area contributed by atoms with Crippen LogP contribution < -0.4 is 4.90 Å². The molecule has 0 unspecified atom stereocenters. The number of anilines is 1. The zero-order valence-electron chi connectivity index (χ0n) is 18.6. The first kappa shape index (κ1) is 21.7. The smallest absolute Gasteiger partial charge is 0.409 e. The number of ether oxygens (including phenoxy) is 1. The Kier molecular flexibility index (Phi) is 5.69. The normalized spacial score (nSPS) is 16.9. The van der Waals surface area contributed by atoms with E-state index in [1.54, 1.807) is 18.0 Å². The van der Waals surface area contributed by atoms with Gasteiger partial charge in [0.1, 0.15) is 12.1 Å². The minimum Gasteiger partial charge on any atom is -0.450 e. The Labute approximate surface area is 193 Å². The minimum atomic E-state index is -3.66. The zero-order valence-corrected chi connectivity index (χ0v) is 19.4. The van der Waals surface area contributed by atoms with Crippen molar-refractivity contribution >= 4 is 33.0 Å². The fourth-order valence-corrected chi connectivity index (χ4v) is 5.80. The molecule has 9 nitrogen and oxygen atoms in total. The van der Waals surface area contributed by atoms with Crippen LogP contribution in [0.4, 0.5) is 10.6 Å². The number of piperazine rings is 1. The number of carbonyl (C=O) groups is 1. The van der Waals surface area contributed by atoms with E-state index in [0.717, 1.165) is 35.2 Å². The molecule has 5 rings (SSSR count). The van der Waals surface area contributed by atoms with Crippen LogP contribution >= 0.6 is 0 Å². The number of amides is 1. The summed E-state index contributed by atoms with van der Waals surface area (Å²) in [5.74, 6) is 0.963. The van der Waals surface area contributed by atoms with Gasteiger partial charge in [-0.25, -0.2) is 27.2 Å². The molecule has 1 saturated heterocycles. The first-order valence-electron chi connectivity index (χ1n) is 11.3. The van der Waals surface area contributed by atoms with E-state index >= 15 is 0 Å². The molecule has 0 N–H and O–H groups in total. The molecule has 2 fully saturated rings. The van der Waals surface area contributed by atoms with Gasteiger partial charge in [0.15, 0.2) is 5.65 Å². The Morgan fingerprint density at radius 3 is 2.48 bits per heavy atom. The number of hydrogen-bond donors (Lipinski definition) is 0. The van der Waals surface area contributed by atoms with Crippen LogP contribution in [0.2, 0.25) is 0 Å². The lowest BCUT2D eigenvalue weighted by Crippen LogP contribution is -2.49. The summed E-state index contributed by atoms with van der Waals surface area (Å²) in [6, 6.07) is 9.17. The molecular formula is C23H27N5O4S. The minimum absolute atomic E-state index is 0.0979. The van der Waals surface area contributed by atoms with Crippen LogP contribution in [0.25, 0.3) is 11.0 Å². The number of nitrogens with zero attached hydrogens (tertiary/aromatic N) is 5. The van der Waals surface area contributed by atoms with Crippen molar-refractivity contribution in [1.82, 2.24) is 18.8 Å². The van der Waals surface area contributed by atoms with Gasteiger partial charge in [0.25, 0.3) is 0 Å². The van der Waals surface area contributed by atoms with E-state index in [9.17, 15) is 13.2 Å². The Hall–Kier alpha value is -3.14. The maximum Gasteiger partial charge on any atom is 0.409 e. The largest absolute Gasteiger partial charge is 0.450 e. The third-order valence-electron chi connectivity index (χ3n) is 6.17. The number of carbonyl (C=O) groups excluding carboxylic acids is 1. The van der Waals surface area contributed by atoms with Crippen molar-refractivity contribution in [2.45, 2.75) is 31.4 Å². The van der Waals surface area contributed by atoms with Crippen molar-refractivity contribution in [3.8, 4) is 0 Å². The predicted octanol–water partition coefficient (Wildman–Crippen LogP) is 2.97. The Bertz CT molecular complexity index is 1260. The van der Waals surface area contributed by atoms with Crippen LogP contribution in [0.5, 0.6) is 0 Å². The first-order chi connectivity index (χ1) is 16.0.